The Hall–Kier alpha value is -2.11. The third-order valence-corrected chi connectivity index (χ3v) is 5.99. The Bertz CT molecular complexity index is 873. The molecule has 0 saturated heterocycles. The molecule has 0 aliphatic carbocycles. The van der Waals surface area contributed by atoms with E-state index in [0.717, 1.165) is 26.7 Å². The lowest BCUT2D eigenvalue weighted by atomic mass is 10.1. The van der Waals surface area contributed by atoms with Gasteiger partial charge in [0, 0.05) is 16.8 Å². The van der Waals surface area contributed by atoms with Crippen LogP contribution in [0.15, 0.2) is 58.3 Å². The van der Waals surface area contributed by atoms with Gasteiger partial charge >= 0.3 is 5.97 Å². The van der Waals surface area contributed by atoms with Crippen molar-refractivity contribution in [3.63, 3.8) is 0 Å². The molecule has 0 saturated carbocycles. The molecule has 25 heavy (non-hydrogen) atoms. The number of rotatable bonds is 6. The van der Waals surface area contributed by atoms with E-state index in [-0.39, 0.29) is 5.97 Å². The van der Waals surface area contributed by atoms with Gasteiger partial charge < -0.3 is 4.74 Å². The van der Waals surface area contributed by atoms with Gasteiger partial charge in [0.25, 0.3) is 0 Å². The summed E-state index contributed by atoms with van der Waals surface area (Å²) in [4.78, 5) is 17.0. The molecular weight excluding hydrogens is 350 g/mol. The first-order valence-electron chi connectivity index (χ1n) is 7.98. The van der Waals surface area contributed by atoms with Gasteiger partial charge in [-0.15, -0.1) is 11.3 Å². The van der Waals surface area contributed by atoms with Crippen molar-refractivity contribution >= 4 is 29.1 Å². The van der Waals surface area contributed by atoms with E-state index < -0.39 is 0 Å². The summed E-state index contributed by atoms with van der Waals surface area (Å²) >= 11 is 3.27. The van der Waals surface area contributed by atoms with Crippen LogP contribution in [-0.4, -0.2) is 11.0 Å². The van der Waals surface area contributed by atoms with Gasteiger partial charge in [0.15, 0.2) is 0 Å². The highest BCUT2D eigenvalue weighted by molar-refractivity contribution is 8.00. The monoisotopic (exact) mass is 369 g/mol. The summed E-state index contributed by atoms with van der Waals surface area (Å²) in [5, 5.41) is 2.03. The molecule has 128 valence electrons. The van der Waals surface area contributed by atoms with Crippen molar-refractivity contribution in [1.29, 1.82) is 0 Å². The first-order valence-corrected chi connectivity index (χ1v) is 9.84. The number of carbonyl (C=O) groups excluding carboxylic acids is 1. The Morgan fingerprint density at radius 1 is 1.08 bits per heavy atom. The van der Waals surface area contributed by atoms with Gasteiger partial charge in [-0.05, 0) is 36.6 Å². The molecule has 3 aromatic rings. The van der Waals surface area contributed by atoms with Crippen LogP contribution in [0.1, 0.15) is 32.7 Å². The summed E-state index contributed by atoms with van der Waals surface area (Å²) in [6, 6.07) is 15.5. The van der Waals surface area contributed by atoms with E-state index in [1.807, 2.05) is 67.8 Å². The molecule has 2 aromatic carbocycles. The zero-order chi connectivity index (χ0) is 17.6. The summed E-state index contributed by atoms with van der Waals surface area (Å²) in [5.74, 6) is 0.414. The predicted octanol–water partition coefficient (Wildman–Crippen LogP) is 5.41. The zero-order valence-corrected chi connectivity index (χ0v) is 15.8. The highest BCUT2D eigenvalue weighted by atomic mass is 32.2. The van der Waals surface area contributed by atoms with Crippen molar-refractivity contribution in [1.82, 2.24) is 4.98 Å². The minimum atomic E-state index is -0.283. The van der Waals surface area contributed by atoms with Crippen molar-refractivity contribution in [2.24, 2.45) is 0 Å². The van der Waals surface area contributed by atoms with E-state index >= 15 is 0 Å². The lowest BCUT2D eigenvalue weighted by Crippen LogP contribution is -2.08. The average Bonchev–Trinajstić information content (AvgIpc) is 3.04. The number of esters is 1. The molecule has 0 atom stereocenters. The van der Waals surface area contributed by atoms with Crippen LogP contribution in [0.25, 0.3) is 0 Å². The summed E-state index contributed by atoms with van der Waals surface area (Å²) in [6.45, 7) is 4.29. The minimum Gasteiger partial charge on any atom is -0.457 e. The van der Waals surface area contributed by atoms with Crippen LogP contribution < -0.4 is 0 Å². The van der Waals surface area contributed by atoms with Gasteiger partial charge in [-0.1, -0.05) is 54.2 Å². The molecule has 0 amide bonds. The molecule has 5 heteroatoms. The second-order valence-electron chi connectivity index (χ2n) is 5.70. The Morgan fingerprint density at radius 2 is 1.80 bits per heavy atom. The van der Waals surface area contributed by atoms with E-state index in [0.29, 0.717) is 17.9 Å². The molecule has 1 heterocycles. The van der Waals surface area contributed by atoms with Crippen molar-refractivity contribution < 1.29 is 9.53 Å². The predicted molar refractivity (Wildman–Crippen MR) is 103 cm³/mol. The fourth-order valence-electron chi connectivity index (χ4n) is 2.38. The number of hydrogen-bond acceptors (Lipinski definition) is 5. The van der Waals surface area contributed by atoms with E-state index in [1.54, 1.807) is 23.1 Å². The molecule has 0 unspecified atom stereocenters. The highest BCUT2D eigenvalue weighted by Gasteiger charge is 2.13. The Labute approximate surface area is 156 Å². The van der Waals surface area contributed by atoms with E-state index in [4.69, 9.17) is 4.74 Å². The van der Waals surface area contributed by atoms with E-state index in [2.05, 4.69) is 4.98 Å². The molecular formula is C20H19NO2S2. The molecule has 0 bridgehead atoms. The molecule has 0 aliphatic heterocycles. The zero-order valence-electron chi connectivity index (χ0n) is 14.2. The number of aromatic nitrogens is 1. The number of thiazole rings is 1. The first kappa shape index (κ1) is 17.7. The number of aryl methyl sites for hydroxylation is 2. The number of ether oxygens (including phenoxy) is 1. The number of nitrogens with zero attached hydrogens (tertiary/aromatic N) is 1. The SMILES string of the molecule is Cc1csc(SCc2ccccc2C(=O)OCc2ccccc2C)n1. The number of hydrogen-bond donors (Lipinski definition) is 0. The third-order valence-electron chi connectivity index (χ3n) is 3.81. The second kappa shape index (κ2) is 8.32. The maximum Gasteiger partial charge on any atom is 0.338 e. The molecule has 0 radical (unpaired) electrons. The van der Waals surface area contributed by atoms with Crippen LogP contribution in [0.5, 0.6) is 0 Å². The maximum absolute atomic E-state index is 12.5. The van der Waals surface area contributed by atoms with Crippen LogP contribution in [-0.2, 0) is 17.1 Å². The molecule has 0 N–H and O–H groups in total. The second-order valence-corrected chi connectivity index (χ2v) is 7.78. The Balaban J connectivity index is 1.67. The smallest absolute Gasteiger partial charge is 0.338 e. The third kappa shape index (κ3) is 4.71. The normalized spacial score (nSPS) is 10.6. The molecule has 0 aliphatic rings. The van der Waals surface area contributed by atoms with Crippen LogP contribution >= 0.6 is 23.1 Å². The number of thioether (sulfide) groups is 1. The quantitative estimate of drug-likeness (QED) is 0.430. The largest absolute Gasteiger partial charge is 0.457 e. The van der Waals surface area contributed by atoms with Crippen molar-refractivity contribution in [3.8, 4) is 0 Å². The van der Waals surface area contributed by atoms with Crippen molar-refractivity contribution in [2.75, 3.05) is 0 Å². The molecule has 0 spiro atoms. The van der Waals surface area contributed by atoms with Crippen LogP contribution in [0.4, 0.5) is 0 Å². The Morgan fingerprint density at radius 3 is 2.52 bits per heavy atom. The molecule has 3 nitrogen and oxygen atoms in total. The topological polar surface area (TPSA) is 39.2 Å². The maximum atomic E-state index is 12.5. The summed E-state index contributed by atoms with van der Waals surface area (Å²) < 4.78 is 6.54. The number of carbonyl (C=O) groups is 1. The summed E-state index contributed by atoms with van der Waals surface area (Å²) in [5.41, 5.74) is 4.77. The van der Waals surface area contributed by atoms with Gasteiger partial charge in [-0.25, -0.2) is 9.78 Å². The molecule has 3 rings (SSSR count). The van der Waals surface area contributed by atoms with Crippen LogP contribution in [0.3, 0.4) is 0 Å². The highest BCUT2D eigenvalue weighted by Crippen LogP contribution is 2.27. The lowest BCUT2D eigenvalue weighted by Gasteiger charge is -2.10. The standard InChI is InChI=1S/C20H19NO2S2/c1-14-7-3-4-8-16(14)11-23-19(22)18-10-6-5-9-17(18)13-25-20-21-15(2)12-24-20/h3-10,12H,11,13H2,1-2H3. The molecule has 1 aromatic heterocycles. The van der Waals surface area contributed by atoms with E-state index in [9.17, 15) is 4.79 Å². The van der Waals surface area contributed by atoms with Crippen molar-refractivity contribution in [3.05, 3.63) is 81.9 Å². The van der Waals surface area contributed by atoms with E-state index in [1.165, 1.54) is 0 Å². The van der Waals surface area contributed by atoms with Gasteiger partial charge in [-0.3, -0.25) is 0 Å². The number of benzene rings is 2. The summed E-state index contributed by atoms with van der Waals surface area (Å²) in [7, 11) is 0. The van der Waals surface area contributed by atoms with Gasteiger partial charge in [-0.2, -0.15) is 0 Å². The summed E-state index contributed by atoms with van der Waals surface area (Å²) in [6.07, 6.45) is 0. The van der Waals surface area contributed by atoms with Gasteiger partial charge in [0.1, 0.15) is 10.9 Å². The van der Waals surface area contributed by atoms with Crippen LogP contribution in [0.2, 0.25) is 0 Å². The average molecular weight is 370 g/mol. The fraction of sp³-hybridized carbons (Fsp3) is 0.200. The fourth-order valence-corrected chi connectivity index (χ4v) is 4.23. The van der Waals surface area contributed by atoms with Crippen LogP contribution in [0, 0.1) is 13.8 Å². The van der Waals surface area contributed by atoms with Crippen molar-refractivity contribution in [2.45, 2.75) is 30.5 Å². The van der Waals surface area contributed by atoms with Gasteiger partial charge in [0.2, 0.25) is 0 Å². The minimum absolute atomic E-state index is 0.283. The Kier molecular flexibility index (Phi) is 5.89. The lowest BCUT2D eigenvalue weighted by molar-refractivity contribution is 0.0471. The molecule has 0 fully saturated rings. The first-order chi connectivity index (χ1) is 12.1. The van der Waals surface area contributed by atoms with Gasteiger partial charge in [0.05, 0.1) is 5.56 Å².